The molecule has 1 amide bonds. The number of benzene rings is 1. The van der Waals surface area contributed by atoms with E-state index < -0.39 is 0 Å². The van der Waals surface area contributed by atoms with Crippen LogP contribution < -0.4 is 4.90 Å². The van der Waals surface area contributed by atoms with Crippen LogP contribution in [0.2, 0.25) is 0 Å². The fourth-order valence-corrected chi connectivity index (χ4v) is 4.38. The van der Waals surface area contributed by atoms with Crippen molar-refractivity contribution in [1.82, 2.24) is 10.1 Å². The maximum Gasteiger partial charge on any atom is 0.289 e. The van der Waals surface area contributed by atoms with E-state index in [-0.39, 0.29) is 5.91 Å². The molecule has 2 aromatic heterocycles. The molecule has 1 fully saturated rings. The van der Waals surface area contributed by atoms with Crippen molar-refractivity contribution in [2.24, 2.45) is 0 Å². The summed E-state index contributed by atoms with van der Waals surface area (Å²) in [7, 11) is 1.63. The number of furan rings is 1. The Morgan fingerprint density at radius 1 is 1.20 bits per heavy atom. The highest BCUT2D eigenvalue weighted by Crippen LogP contribution is 2.33. The Bertz CT molecular complexity index is 937. The molecule has 0 radical (unpaired) electrons. The topological polar surface area (TPSA) is 72.0 Å². The molecule has 30 heavy (non-hydrogen) atoms. The summed E-state index contributed by atoms with van der Waals surface area (Å²) < 4.78 is 16.4. The first-order valence-electron chi connectivity index (χ1n) is 9.96. The lowest BCUT2D eigenvalue weighted by Crippen LogP contribution is -2.36. The first-order chi connectivity index (χ1) is 14.8. The van der Waals surface area contributed by atoms with Crippen LogP contribution in [-0.2, 0) is 11.3 Å². The Kier molecular flexibility index (Phi) is 6.76. The monoisotopic (exact) mass is 427 g/mol. The van der Waals surface area contributed by atoms with E-state index in [1.807, 2.05) is 42.1 Å². The third-order valence-electron chi connectivity index (χ3n) is 5.05. The number of rotatable bonds is 8. The van der Waals surface area contributed by atoms with Crippen LogP contribution in [0.5, 0.6) is 0 Å². The number of methoxy groups -OCH3 is 1. The van der Waals surface area contributed by atoms with E-state index in [0.717, 1.165) is 47.3 Å². The van der Waals surface area contributed by atoms with Gasteiger partial charge < -0.3 is 23.5 Å². The standard InChI is InChI=1S/C22H25N3O4S/c1-27-13-9-25(21(26)19-8-5-12-28-19)16-18-20(17-6-3-2-4-7-17)23-29-22(18)24-10-14-30-15-11-24/h2-8,12H,9-11,13-16H2,1H3. The number of anilines is 1. The van der Waals surface area contributed by atoms with Crippen molar-refractivity contribution in [2.75, 3.05) is 49.8 Å². The van der Waals surface area contributed by atoms with Gasteiger partial charge in [0.15, 0.2) is 5.76 Å². The van der Waals surface area contributed by atoms with Crippen LogP contribution >= 0.6 is 11.8 Å². The van der Waals surface area contributed by atoms with Gasteiger partial charge in [0.1, 0.15) is 5.69 Å². The quantitative estimate of drug-likeness (QED) is 0.542. The Morgan fingerprint density at radius 3 is 2.70 bits per heavy atom. The largest absolute Gasteiger partial charge is 0.459 e. The lowest BCUT2D eigenvalue weighted by Gasteiger charge is -2.28. The zero-order valence-corrected chi connectivity index (χ0v) is 17.8. The number of carbonyl (C=O) groups excluding carboxylic acids is 1. The van der Waals surface area contributed by atoms with Crippen molar-refractivity contribution in [3.05, 3.63) is 60.1 Å². The van der Waals surface area contributed by atoms with E-state index in [1.165, 1.54) is 6.26 Å². The van der Waals surface area contributed by atoms with Crippen LogP contribution in [0, 0.1) is 0 Å². The molecule has 3 heterocycles. The molecule has 0 saturated carbocycles. The van der Waals surface area contributed by atoms with Crippen molar-refractivity contribution in [3.8, 4) is 11.3 Å². The number of aromatic nitrogens is 1. The van der Waals surface area contributed by atoms with Gasteiger partial charge in [-0.2, -0.15) is 11.8 Å². The molecule has 0 spiro atoms. The molecule has 0 N–H and O–H groups in total. The van der Waals surface area contributed by atoms with Gasteiger partial charge in [-0.3, -0.25) is 4.79 Å². The first kappa shape index (κ1) is 20.6. The molecule has 8 heteroatoms. The fraction of sp³-hybridized carbons (Fsp3) is 0.364. The Labute approximate surface area is 180 Å². The highest BCUT2D eigenvalue weighted by atomic mass is 32.2. The maximum absolute atomic E-state index is 13.1. The lowest BCUT2D eigenvalue weighted by molar-refractivity contribution is 0.0649. The second-order valence-corrected chi connectivity index (χ2v) is 8.20. The summed E-state index contributed by atoms with van der Waals surface area (Å²) in [5, 5.41) is 4.40. The lowest BCUT2D eigenvalue weighted by atomic mass is 10.1. The van der Waals surface area contributed by atoms with Crippen LogP contribution in [0.25, 0.3) is 11.3 Å². The summed E-state index contributed by atoms with van der Waals surface area (Å²) in [5.41, 5.74) is 2.63. The minimum absolute atomic E-state index is 0.183. The third kappa shape index (κ3) is 4.55. The van der Waals surface area contributed by atoms with Gasteiger partial charge >= 0.3 is 0 Å². The SMILES string of the molecule is COCCN(Cc1c(-c2ccccc2)noc1N1CCSCC1)C(=O)c1ccco1. The van der Waals surface area contributed by atoms with Crippen molar-refractivity contribution < 1.29 is 18.5 Å². The number of hydrogen-bond donors (Lipinski definition) is 0. The number of nitrogens with zero attached hydrogens (tertiary/aromatic N) is 3. The average molecular weight is 428 g/mol. The second kappa shape index (κ2) is 9.86. The number of ether oxygens (including phenoxy) is 1. The highest BCUT2D eigenvalue weighted by Gasteiger charge is 2.28. The molecule has 0 unspecified atom stereocenters. The highest BCUT2D eigenvalue weighted by molar-refractivity contribution is 7.99. The summed E-state index contributed by atoms with van der Waals surface area (Å²) >= 11 is 1.93. The van der Waals surface area contributed by atoms with Gasteiger partial charge in [-0.05, 0) is 12.1 Å². The van der Waals surface area contributed by atoms with Crippen LogP contribution in [0.1, 0.15) is 16.1 Å². The summed E-state index contributed by atoms with van der Waals surface area (Å²) in [6.45, 7) is 3.00. The molecule has 1 aliphatic heterocycles. The molecule has 0 atom stereocenters. The third-order valence-corrected chi connectivity index (χ3v) is 5.99. The fourth-order valence-electron chi connectivity index (χ4n) is 3.48. The van der Waals surface area contributed by atoms with E-state index in [1.54, 1.807) is 24.1 Å². The summed E-state index contributed by atoms with van der Waals surface area (Å²) in [6, 6.07) is 13.3. The molecular formula is C22H25N3O4S. The molecule has 7 nitrogen and oxygen atoms in total. The van der Waals surface area contributed by atoms with Crippen molar-refractivity contribution in [3.63, 3.8) is 0 Å². The van der Waals surface area contributed by atoms with E-state index in [2.05, 4.69) is 10.1 Å². The summed E-state index contributed by atoms with van der Waals surface area (Å²) in [5.74, 6) is 2.94. The predicted molar refractivity (Wildman–Crippen MR) is 117 cm³/mol. The Morgan fingerprint density at radius 2 is 2.00 bits per heavy atom. The van der Waals surface area contributed by atoms with Gasteiger partial charge in [0.05, 0.1) is 25.0 Å². The molecule has 1 aliphatic rings. The number of hydrogen-bond acceptors (Lipinski definition) is 7. The van der Waals surface area contributed by atoms with E-state index in [0.29, 0.717) is 25.5 Å². The van der Waals surface area contributed by atoms with Crippen LogP contribution in [0.3, 0.4) is 0 Å². The molecule has 1 saturated heterocycles. The van der Waals surface area contributed by atoms with Crippen LogP contribution in [-0.4, -0.2) is 60.8 Å². The van der Waals surface area contributed by atoms with Gasteiger partial charge in [-0.15, -0.1) is 0 Å². The second-order valence-electron chi connectivity index (χ2n) is 6.98. The van der Waals surface area contributed by atoms with Crippen molar-refractivity contribution in [2.45, 2.75) is 6.54 Å². The summed E-state index contributed by atoms with van der Waals surface area (Å²) in [6.07, 6.45) is 1.51. The van der Waals surface area contributed by atoms with E-state index in [9.17, 15) is 4.79 Å². The number of amides is 1. The molecule has 3 aromatic rings. The van der Waals surface area contributed by atoms with Gasteiger partial charge in [0.25, 0.3) is 5.91 Å². The molecular weight excluding hydrogens is 402 g/mol. The van der Waals surface area contributed by atoms with Crippen LogP contribution in [0.4, 0.5) is 5.88 Å². The van der Waals surface area contributed by atoms with Gasteiger partial charge in [0.2, 0.25) is 5.88 Å². The first-order valence-corrected chi connectivity index (χ1v) is 11.1. The minimum Gasteiger partial charge on any atom is -0.459 e. The summed E-state index contributed by atoms with van der Waals surface area (Å²) in [4.78, 5) is 17.0. The van der Waals surface area contributed by atoms with Gasteiger partial charge in [-0.1, -0.05) is 35.5 Å². The zero-order chi connectivity index (χ0) is 20.8. The maximum atomic E-state index is 13.1. The number of carbonyl (C=O) groups is 1. The van der Waals surface area contributed by atoms with Gasteiger partial charge in [0, 0.05) is 43.8 Å². The van der Waals surface area contributed by atoms with Crippen molar-refractivity contribution in [1.29, 1.82) is 0 Å². The Hall–Kier alpha value is -2.71. The van der Waals surface area contributed by atoms with Gasteiger partial charge in [-0.25, -0.2) is 0 Å². The molecule has 0 aliphatic carbocycles. The molecule has 0 bridgehead atoms. The minimum atomic E-state index is -0.183. The predicted octanol–water partition coefficient (Wildman–Crippen LogP) is 3.78. The number of thioether (sulfide) groups is 1. The van der Waals surface area contributed by atoms with Crippen LogP contribution in [0.15, 0.2) is 57.7 Å². The van der Waals surface area contributed by atoms with E-state index >= 15 is 0 Å². The van der Waals surface area contributed by atoms with Crippen molar-refractivity contribution >= 4 is 23.6 Å². The molecule has 1 aromatic carbocycles. The Balaban J connectivity index is 1.70. The normalized spacial score (nSPS) is 14.1. The zero-order valence-electron chi connectivity index (χ0n) is 17.0. The smallest absolute Gasteiger partial charge is 0.289 e. The van der Waals surface area contributed by atoms with E-state index in [4.69, 9.17) is 13.7 Å². The molecule has 4 rings (SSSR count). The molecule has 158 valence electrons. The average Bonchev–Trinajstić information content (AvgIpc) is 3.48.